The highest BCUT2D eigenvalue weighted by molar-refractivity contribution is 5.94. The fourth-order valence-electron chi connectivity index (χ4n) is 2.62. The van der Waals surface area contributed by atoms with Crippen molar-refractivity contribution in [2.24, 2.45) is 0 Å². The molecule has 0 saturated carbocycles. The summed E-state index contributed by atoms with van der Waals surface area (Å²) in [5, 5.41) is 14.9. The maximum Gasteiger partial charge on any atom is 0.254 e. The third kappa shape index (κ3) is 3.78. The molecule has 0 aliphatic rings. The van der Waals surface area contributed by atoms with Crippen LogP contribution >= 0.6 is 0 Å². The smallest absolute Gasteiger partial charge is 0.254 e. The second-order valence-electron chi connectivity index (χ2n) is 5.68. The van der Waals surface area contributed by atoms with Gasteiger partial charge in [-0.15, -0.1) is 0 Å². The SMILES string of the molecule is COc1ccc(C(=O)NCC(O)c2ccc3ccccc3c2)c(F)c1. The first-order valence-corrected chi connectivity index (χ1v) is 7.87. The van der Waals surface area contributed by atoms with Gasteiger partial charge in [0.1, 0.15) is 11.6 Å². The lowest BCUT2D eigenvalue weighted by Gasteiger charge is -2.13. The Labute approximate surface area is 144 Å². The molecule has 0 radical (unpaired) electrons. The molecule has 1 atom stereocenters. The molecule has 3 rings (SSSR count). The fourth-order valence-corrected chi connectivity index (χ4v) is 2.62. The van der Waals surface area contributed by atoms with Crippen molar-refractivity contribution in [3.05, 3.63) is 77.6 Å². The molecule has 1 unspecified atom stereocenters. The predicted octanol–water partition coefficient (Wildman–Crippen LogP) is 3.45. The van der Waals surface area contributed by atoms with Crippen LogP contribution in [0.2, 0.25) is 0 Å². The third-order valence-electron chi connectivity index (χ3n) is 4.04. The molecule has 128 valence electrons. The zero-order valence-corrected chi connectivity index (χ0v) is 13.7. The van der Waals surface area contributed by atoms with Gasteiger partial charge in [-0.1, -0.05) is 36.4 Å². The zero-order chi connectivity index (χ0) is 17.8. The standard InChI is InChI=1S/C20H18FNO3/c1-25-16-8-9-17(18(21)11-16)20(24)22-12-19(23)15-7-6-13-4-2-3-5-14(13)10-15/h2-11,19,23H,12H2,1H3,(H,22,24). The first-order chi connectivity index (χ1) is 12.1. The molecule has 3 aromatic carbocycles. The van der Waals surface area contributed by atoms with E-state index in [4.69, 9.17) is 4.74 Å². The van der Waals surface area contributed by atoms with Crippen LogP contribution in [0.3, 0.4) is 0 Å². The van der Waals surface area contributed by atoms with Crippen LogP contribution in [0.1, 0.15) is 22.0 Å². The van der Waals surface area contributed by atoms with E-state index in [0.717, 1.165) is 16.8 Å². The number of methoxy groups -OCH3 is 1. The molecule has 2 N–H and O–H groups in total. The number of benzene rings is 3. The van der Waals surface area contributed by atoms with Gasteiger partial charge in [0.2, 0.25) is 0 Å². The third-order valence-corrected chi connectivity index (χ3v) is 4.04. The molecule has 0 bridgehead atoms. The number of ether oxygens (including phenoxy) is 1. The molecule has 25 heavy (non-hydrogen) atoms. The Morgan fingerprint density at radius 1 is 1.12 bits per heavy atom. The first kappa shape index (κ1) is 16.9. The molecule has 0 aliphatic heterocycles. The summed E-state index contributed by atoms with van der Waals surface area (Å²) in [5.74, 6) is -0.915. The van der Waals surface area contributed by atoms with E-state index in [1.807, 2.05) is 42.5 Å². The highest BCUT2D eigenvalue weighted by Crippen LogP contribution is 2.20. The summed E-state index contributed by atoms with van der Waals surface area (Å²) in [7, 11) is 1.43. The van der Waals surface area contributed by atoms with Crippen molar-refractivity contribution in [3.63, 3.8) is 0 Å². The highest BCUT2D eigenvalue weighted by Gasteiger charge is 2.15. The topological polar surface area (TPSA) is 58.6 Å². The van der Waals surface area contributed by atoms with E-state index < -0.39 is 17.8 Å². The largest absolute Gasteiger partial charge is 0.497 e. The van der Waals surface area contributed by atoms with E-state index in [2.05, 4.69) is 5.32 Å². The lowest BCUT2D eigenvalue weighted by molar-refractivity contribution is 0.0912. The lowest BCUT2D eigenvalue weighted by atomic mass is 10.0. The minimum Gasteiger partial charge on any atom is -0.497 e. The van der Waals surface area contributed by atoms with E-state index in [1.165, 1.54) is 19.2 Å². The molecule has 0 aliphatic carbocycles. The quantitative estimate of drug-likeness (QED) is 0.748. The Bertz CT molecular complexity index is 910. The number of carbonyl (C=O) groups excluding carboxylic acids is 1. The van der Waals surface area contributed by atoms with Crippen LogP contribution in [-0.4, -0.2) is 24.7 Å². The number of fused-ring (bicyclic) bond motifs is 1. The summed E-state index contributed by atoms with van der Waals surface area (Å²) in [6, 6.07) is 17.4. The van der Waals surface area contributed by atoms with Crippen LogP contribution in [0.4, 0.5) is 4.39 Å². The maximum absolute atomic E-state index is 13.9. The first-order valence-electron chi connectivity index (χ1n) is 7.87. The van der Waals surface area contributed by atoms with Gasteiger partial charge in [-0.05, 0) is 34.5 Å². The Morgan fingerprint density at radius 2 is 1.88 bits per heavy atom. The second-order valence-corrected chi connectivity index (χ2v) is 5.68. The van der Waals surface area contributed by atoms with Gasteiger partial charge < -0.3 is 15.2 Å². The van der Waals surface area contributed by atoms with Crippen molar-refractivity contribution in [1.29, 1.82) is 0 Å². The van der Waals surface area contributed by atoms with Crippen molar-refractivity contribution in [2.75, 3.05) is 13.7 Å². The van der Waals surface area contributed by atoms with Crippen molar-refractivity contribution in [1.82, 2.24) is 5.32 Å². The zero-order valence-electron chi connectivity index (χ0n) is 13.7. The van der Waals surface area contributed by atoms with E-state index in [-0.39, 0.29) is 12.1 Å². The maximum atomic E-state index is 13.9. The molecule has 3 aromatic rings. The van der Waals surface area contributed by atoms with Gasteiger partial charge in [0.15, 0.2) is 0 Å². The number of carbonyl (C=O) groups is 1. The number of aliphatic hydroxyl groups is 1. The number of rotatable bonds is 5. The molecule has 0 saturated heterocycles. The summed E-state index contributed by atoms with van der Waals surface area (Å²) in [6.45, 7) is -0.0113. The number of hydrogen-bond acceptors (Lipinski definition) is 3. The predicted molar refractivity (Wildman–Crippen MR) is 94.2 cm³/mol. The molecule has 1 amide bonds. The van der Waals surface area contributed by atoms with E-state index >= 15 is 0 Å². The average molecular weight is 339 g/mol. The van der Waals surface area contributed by atoms with Gasteiger partial charge >= 0.3 is 0 Å². The van der Waals surface area contributed by atoms with Gasteiger partial charge in [-0.2, -0.15) is 0 Å². The normalized spacial score (nSPS) is 12.0. The summed E-state index contributed by atoms with van der Waals surface area (Å²) in [5.41, 5.74) is 0.598. The van der Waals surface area contributed by atoms with Gasteiger partial charge in [-0.25, -0.2) is 4.39 Å². The highest BCUT2D eigenvalue weighted by atomic mass is 19.1. The van der Waals surface area contributed by atoms with Crippen LogP contribution in [-0.2, 0) is 0 Å². The Morgan fingerprint density at radius 3 is 2.60 bits per heavy atom. The van der Waals surface area contributed by atoms with Crippen LogP contribution in [0.15, 0.2) is 60.7 Å². The summed E-state index contributed by atoms with van der Waals surface area (Å²) in [6.07, 6.45) is -0.880. The van der Waals surface area contributed by atoms with Gasteiger partial charge in [0.25, 0.3) is 5.91 Å². The number of aliphatic hydroxyl groups excluding tert-OH is 1. The second kappa shape index (κ2) is 7.32. The van der Waals surface area contributed by atoms with Gasteiger partial charge in [-0.3, -0.25) is 4.79 Å². The Hall–Kier alpha value is -2.92. The van der Waals surface area contributed by atoms with Crippen LogP contribution in [0.5, 0.6) is 5.75 Å². The lowest BCUT2D eigenvalue weighted by Crippen LogP contribution is -2.29. The Balaban J connectivity index is 1.68. The summed E-state index contributed by atoms with van der Waals surface area (Å²) >= 11 is 0. The summed E-state index contributed by atoms with van der Waals surface area (Å²) in [4.78, 5) is 12.1. The molecule has 0 aromatic heterocycles. The van der Waals surface area contributed by atoms with Gasteiger partial charge in [0.05, 0.1) is 18.8 Å². The van der Waals surface area contributed by atoms with Crippen molar-refractivity contribution < 1.29 is 19.0 Å². The van der Waals surface area contributed by atoms with Gasteiger partial charge in [0, 0.05) is 12.6 Å². The van der Waals surface area contributed by atoms with Crippen molar-refractivity contribution in [3.8, 4) is 5.75 Å². The van der Waals surface area contributed by atoms with E-state index in [1.54, 1.807) is 0 Å². The van der Waals surface area contributed by atoms with E-state index in [9.17, 15) is 14.3 Å². The van der Waals surface area contributed by atoms with Crippen LogP contribution in [0.25, 0.3) is 10.8 Å². The van der Waals surface area contributed by atoms with Crippen LogP contribution < -0.4 is 10.1 Å². The minimum atomic E-state index is -0.880. The average Bonchev–Trinajstić information content (AvgIpc) is 2.65. The number of nitrogens with one attached hydrogen (secondary N) is 1. The Kier molecular flexibility index (Phi) is 4.95. The monoisotopic (exact) mass is 339 g/mol. The number of halogens is 1. The molecule has 4 nitrogen and oxygen atoms in total. The minimum absolute atomic E-state index is 0.0113. The molecule has 5 heteroatoms. The van der Waals surface area contributed by atoms with E-state index in [0.29, 0.717) is 11.3 Å². The fraction of sp³-hybridized carbons (Fsp3) is 0.150. The summed E-state index contributed by atoms with van der Waals surface area (Å²) < 4.78 is 18.8. The molecule has 0 fully saturated rings. The number of hydrogen-bond donors (Lipinski definition) is 2. The van der Waals surface area contributed by atoms with Crippen LogP contribution in [0, 0.1) is 5.82 Å². The van der Waals surface area contributed by atoms with Crippen molar-refractivity contribution >= 4 is 16.7 Å². The van der Waals surface area contributed by atoms with Crippen molar-refractivity contribution in [2.45, 2.75) is 6.10 Å². The molecule has 0 heterocycles. The number of amides is 1. The molecular formula is C20H18FNO3. The molecular weight excluding hydrogens is 321 g/mol. The molecule has 0 spiro atoms.